The van der Waals surface area contributed by atoms with E-state index in [-0.39, 0.29) is 17.5 Å². The van der Waals surface area contributed by atoms with Gasteiger partial charge in [-0.1, -0.05) is 30.3 Å². The third-order valence-electron chi connectivity index (χ3n) is 5.87. The summed E-state index contributed by atoms with van der Waals surface area (Å²) < 4.78 is 55.6. The summed E-state index contributed by atoms with van der Waals surface area (Å²) in [7, 11) is 0. The molecule has 0 saturated carbocycles. The molecule has 5 nitrogen and oxygen atoms in total. The van der Waals surface area contributed by atoms with Crippen molar-refractivity contribution in [1.29, 1.82) is 0 Å². The zero-order valence-electron chi connectivity index (χ0n) is 18.1. The Balaban J connectivity index is 1.44. The molecule has 1 N–H and O–H groups in total. The molecule has 1 saturated heterocycles. The smallest absolute Gasteiger partial charge is 0.349 e. The number of amides is 1. The van der Waals surface area contributed by atoms with E-state index in [1.54, 1.807) is 37.3 Å². The molecule has 1 aliphatic heterocycles. The van der Waals surface area contributed by atoms with Crippen molar-refractivity contribution in [3.05, 3.63) is 82.9 Å². The van der Waals surface area contributed by atoms with Crippen LogP contribution in [-0.4, -0.2) is 39.7 Å². The molecule has 2 heterocycles. The first-order valence-corrected chi connectivity index (χ1v) is 10.7. The van der Waals surface area contributed by atoms with Crippen LogP contribution in [0.5, 0.6) is 0 Å². The van der Waals surface area contributed by atoms with Crippen molar-refractivity contribution < 1.29 is 22.4 Å². The minimum Gasteiger partial charge on any atom is -0.349 e. The molecule has 1 fully saturated rings. The molecule has 33 heavy (non-hydrogen) atoms. The molecule has 2 aromatic carbocycles. The molecule has 9 heteroatoms. The first-order chi connectivity index (χ1) is 15.7. The maximum Gasteiger partial charge on any atom is 0.434 e. The molecule has 0 bridgehead atoms. The van der Waals surface area contributed by atoms with Crippen LogP contribution in [0.25, 0.3) is 5.69 Å². The Labute approximate surface area is 189 Å². The van der Waals surface area contributed by atoms with E-state index < -0.39 is 23.3 Å². The van der Waals surface area contributed by atoms with Crippen LogP contribution in [0.4, 0.5) is 17.6 Å². The van der Waals surface area contributed by atoms with Gasteiger partial charge in [-0.3, -0.25) is 9.69 Å². The summed E-state index contributed by atoms with van der Waals surface area (Å²) in [5, 5.41) is 6.64. The van der Waals surface area contributed by atoms with Crippen molar-refractivity contribution in [3.63, 3.8) is 0 Å². The van der Waals surface area contributed by atoms with Gasteiger partial charge in [-0.25, -0.2) is 9.07 Å². The highest BCUT2D eigenvalue weighted by Gasteiger charge is 2.41. The van der Waals surface area contributed by atoms with E-state index in [2.05, 4.69) is 15.3 Å². The number of carbonyl (C=O) groups excluding carboxylic acids is 1. The largest absolute Gasteiger partial charge is 0.434 e. The number of aromatic nitrogens is 2. The van der Waals surface area contributed by atoms with Gasteiger partial charge in [0.15, 0.2) is 5.69 Å². The van der Waals surface area contributed by atoms with Crippen LogP contribution in [0.2, 0.25) is 0 Å². The van der Waals surface area contributed by atoms with E-state index in [0.717, 1.165) is 16.4 Å². The standard InChI is InChI=1S/C24H24F4N4O/c1-16-4-2-3-5-21(16)32-22(24(26,27)28)20(14-29-32)23(33)30-19-10-12-31(13-11-19)15-17-6-8-18(25)9-7-17/h2-9,14,19H,10-13,15H2,1H3,(H,30,33). The van der Waals surface area contributed by atoms with Crippen molar-refractivity contribution in [3.8, 4) is 5.69 Å². The van der Waals surface area contributed by atoms with Crippen LogP contribution in [-0.2, 0) is 12.7 Å². The maximum absolute atomic E-state index is 13.9. The average Bonchev–Trinajstić information content (AvgIpc) is 3.23. The predicted molar refractivity (Wildman–Crippen MR) is 115 cm³/mol. The number of likely N-dealkylation sites (tertiary alicyclic amines) is 1. The van der Waals surface area contributed by atoms with Gasteiger partial charge < -0.3 is 5.32 Å². The van der Waals surface area contributed by atoms with E-state index in [9.17, 15) is 22.4 Å². The third kappa shape index (κ3) is 5.24. The lowest BCUT2D eigenvalue weighted by Crippen LogP contribution is -2.44. The number of aryl methyl sites for hydroxylation is 1. The molecule has 0 aliphatic carbocycles. The number of hydrogen-bond donors (Lipinski definition) is 1. The predicted octanol–water partition coefficient (Wildman–Crippen LogP) is 4.73. The fourth-order valence-electron chi connectivity index (χ4n) is 4.12. The average molecular weight is 460 g/mol. The Kier molecular flexibility index (Phi) is 6.51. The highest BCUT2D eigenvalue weighted by atomic mass is 19.4. The van der Waals surface area contributed by atoms with Gasteiger partial charge in [0.25, 0.3) is 5.91 Å². The van der Waals surface area contributed by atoms with E-state index in [4.69, 9.17) is 0 Å². The number of benzene rings is 2. The van der Waals surface area contributed by atoms with Crippen molar-refractivity contribution >= 4 is 5.91 Å². The maximum atomic E-state index is 13.9. The number of piperidine rings is 1. The van der Waals surface area contributed by atoms with Crippen LogP contribution in [0.1, 0.15) is 40.0 Å². The van der Waals surface area contributed by atoms with Crippen molar-refractivity contribution in [1.82, 2.24) is 20.0 Å². The summed E-state index contributed by atoms with van der Waals surface area (Å²) in [6.07, 6.45) is -2.54. The molecule has 1 aliphatic rings. The molecule has 3 aromatic rings. The lowest BCUT2D eigenvalue weighted by Gasteiger charge is -2.32. The van der Waals surface area contributed by atoms with Crippen LogP contribution >= 0.6 is 0 Å². The summed E-state index contributed by atoms with van der Waals surface area (Å²) in [5.74, 6) is -1.07. The van der Waals surface area contributed by atoms with E-state index >= 15 is 0 Å². The first kappa shape index (κ1) is 23.0. The Hall–Kier alpha value is -3.20. The second-order valence-corrected chi connectivity index (χ2v) is 8.25. The van der Waals surface area contributed by atoms with Gasteiger partial charge in [-0.05, 0) is 49.1 Å². The first-order valence-electron chi connectivity index (χ1n) is 10.7. The fourth-order valence-corrected chi connectivity index (χ4v) is 4.12. The number of carbonyl (C=O) groups is 1. The molecule has 1 aromatic heterocycles. The molecule has 0 atom stereocenters. The number of hydrogen-bond acceptors (Lipinski definition) is 3. The van der Waals surface area contributed by atoms with Gasteiger partial charge in [-0.2, -0.15) is 18.3 Å². The lowest BCUT2D eigenvalue weighted by molar-refractivity contribution is -0.143. The molecule has 1 amide bonds. The Bertz CT molecular complexity index is 1120. The van der Waals surface area contributed by atoms with E-state index in [1.807, 2.05) is 0 Å². The van der Waals surface area contributed by atoms with Gasteiger partial charge in [0, 0.05) is 25.7 Å². The van der Waals surface area contributed by atoms with Gasteiger partial charge in [-0.15, -0.1) is 0 Å². The van der Waals surface area contributed by atoms with Crippen LogP contribution in [0.3, 0.4) is 0 Å². The van der Waals surface area contributed by atoms with E-state index in [0.29, 0.717) is 38.0 Å². The summed E-state index contributed by atoms with van der Waals surface area (Å²) in [5.41, 5.74) is 0.310. The van der Waals surface area contributed by atoms with Crippen LogP contribution < -0.4 is 5.32 Å². The number of halogens is 4. The Morgan fingerprint density at radius 1 is 1.09 bits per heavy atom. The number of alkyl halides is 3. The highest BCUT2D eigenvalue weighted by Crippen LogP contribution is 2.34. The van der Waals surface area contributed by atoms with Crippen molar-refractivity contribution in [2.45, 2.75) is 38.5 Å². The van der Waals surface area contributed by atoms with Gasteiger partial charge in [0.05, 0.1) is 17.4 Å². The molecule has 174 valence electrons. The summed E-state index contributed by atoms with van der Waals surface area (Å²) in [6.45, 7) is 3.70. The zero-order chi connectivity index (χ0) is 23.6. The summed E-state index contributed by atoms with van der Waals surface area (Å²) in [4.78, 5) is 15.0. The molecular formula is C24H24F4N4O. The fraction of sp³-hybridized carbons (Fsp3) is 0.333. The number of nitrogens with zero attached hydrogens (tertiary/aromatic N) is 3. The van der Waals surface area contributed by atoms with E-state index in [1.165, 1.54) is 18.2 Å². The second-order valence-electron chi connectivity index (χ2n) is 8.25. The number of rotatable bonds is 5. The molecular weight excluding hydrogens is 436 g/mol. The third-order valence-corrected chi connectivity index (χ3v) is 5.87. The lowest BCUT2D eigenvalue weighted by atomic mass is 10.0. The second kappa shape index (κ2) is 9.35. The summed E-state index contributed by atoms with van der Waals surface area (Å²) in [6, 6.07) is 12.6. The topological polar surface area (TPSA) is 50.2 Å². The quantitative estimate of drug-likeness (QED) is 0.560. The highest BCUT2D eigenvalue weighted by molar-refractivity contribution is 5.95. The minimum absolute atomic E-state index is 0.232. The molecule has 0 spiro atoms. The zero-order valence-corrected chi connectivity index (χ0v) is 18.1. The minimum atomic E-state index is -4.75. The monoisotopic (exact) mass is 460 g/mol. The molecule has 0 radical (unpaired) electrons. The number of para-hydroxylation sites is 1. The Morgan fingerprint density at radius 3 is 2.39 bits per heavy atom. The van der Waals surface area contributed by atoms with Crippen LogP contribution in [0, 0.1) is 12.7 Å². The van der Waals surface area contributed by atoms with Gasteiger partial charge >= 0.3 is 6.18 Å². The SMILES string of the molecule is Cc1ccccc1-n1ncc(C(=O)NC2CCN(Cc3ccc(F)cc3)CC2)c1C(F)(F)F. The molecule has 0 unspecified atom stereocenters. The van der Waals surface area contributed by atoms with Gasteiger partial charge in [0.1, 0.15) is 5.82 Å². The number of nitrogens with one attached hydrogen (secondary N) is 1. The Morgan fingerprint density at radius 2 is 1.76 bits per heavy atom. The van der Waals surface area contributed by atoms with Crippen LogP contribution in [0.15, 0.2) is 54.7 Å². The van der Waals surface area contributed by atoms with Crippen molar-refractivity contribution in [2.24, 2.45) is 0 Å². The van der Waals surface area contributed by atoms with Gasteiger partial charge in [0.2, 0.25) is 0 Å². The van der Waals surface area contributed by atoms with Crippen molar-refractivity contribution in [2.75, 3.05) is 13.1 Å². The normalized spacial score (nSPS) is 15.5. The molecule has 4 rings (SSSR count). The summed E-state index contributed by atoms with van der Waals surface area (Å²) >= 11 is 0.